The summed E-state index contributed by atoms with van der Waals surface area (Å²) in [6.45, 7) is 2.91. The maximum atomic E-state index is 12.7. The molecule has 1 saturated heterocycles. The Balaban J connectivity index is 1.35. The third-order valence-electron chi connectivity index (χ3n) is 5.48. The molecule has 2 aromatic carbocycles. The van der Waals surface area contributed by atoms with Crippen molar-refractivity contribution in [2.75, 3.05) is 50.1 Å². The van der Waals surface area contributed by atoms with Gasteiger partial charge in [-0.3, -0.25) is 14.4 Å². The molecule has 0 spiro atoms. The van der Waals surface area contributed by atoms with Crippen LogP contribution in [0.5, 0.6) is 0 Å². The number of hydrogen-bond acceptors (Lipinski definition) is 5. The number of morpholine rings is 1. The van der Waals surface area contributed by atoms with Gasteiger partial charge >= 0.3 is 0 Å². The van der Waals surface area contributed by atoms with E-state index in [1.807, 2.05) is 54.6 Å². The van der Waals surface area contributed by atoms with Crippen LogP contribution in [0, 0.1) is 0 Å². The SMILES string of the molecule is CN(CC(=O)Nc1ccc(N2CCOCC2)cc1)C(=O)c1ccc(-c2ccccc2)[nH]c1=O. The van der Waals surface area contributed by atoms with Gasteiger partial charge < -0.3 is 24.8 Å². The second kappa shape index (κ2) is 10.1. The Hall–Kier alpha value is -3.91. The van der Waals surface area contributed by atoms with Crippen LogP contribution in [0.15, 0.2) is 71.5 Å². The van der Waals surface area contributed by atoms with Gasteiger partial charge in [0.1, 0.15) is 5.56 Å². The summed E-state index contributed by atoms with van der Waals surface area (Å²) < 4.78 is 5.37. The molecule has 1 fully saturated rings. The van der Waals surface area contributed by atoms with Crippen LogP contribution in [0.25, 0.3) is 11.3 Å². The summed E-state index contributed by atoms with van der Waals surface area (Å²) in [5.74, 6) is -0.865. The van der Waals surface area contributed by atoms with Gasteiger partial charge in [-0.05, 0) is 42.0 Å². The Bertz CT molecular complexity index is 1170. The average molecular weight is 447 g/mol. The van der Waals surface area contributed by atoms with E-state index in [1.165, 1.54) is 18.0 Å². The first-order valence-electron chi connectivity index (χ1n) is 10.8. The summed E-state index contributed by atoms with van der Waals surface area (Å²) in [5, 5.41) is 2.79. The highest BCUT2D eigenvalue weighted by atomic mass is 16.5. The predicted molar refractivity (Wildman–Crippen MR) is 128 cm³/mol. The molecule has 3 aromatic rings. The van der Waals surface area contributed by atoms with Gasteiger partial charge in [0, 0.05) is 37.2 Å². The molecule has 1 aliphatic heterocycles. The van der Waals surface area contributed by atoms with E-state index in [-0.39, 0.29) is 18.0 Å². The van der Waals surface area contributed by atoms with Crippen molar-refractivity contribution in [2.45, 2.75) is 0 Å². The van der Waals surface area contributed by atoms with E-state index in [0.717, 1.165) is 24.3 Å². The van der Waals surface area contributed by atoms with Crippen LogP contribution in [0.4, 0.5) is 11.4 Å². The van der Waals surface area contributed by atoms with Crippen LogP contribution in [0.1, 0.15) is 10.4 Å². The monoisotopic (exact) mass is 446 g/mol. The number of hydrogen-bond donors (Lipinski definition) is 2. The van der Waals surface area contributed by atoms with E-state index in [1.54, 1.807) is 6.07 Å². The minimum absolute atomic E-state index is 0.0140. The number of rotatable bonds is 6. The quantitative estimate of drug-likeness (QED) is 0.607. The summed E-state index contributed by atoms with van der Waals surface area (Å²) in [4.78, 5) is 43.9. The lowest BCUT2D eigenvalue weighted by molar-refractivity contribution is -0.116. The summed E-state index contributed by atoms with van der Waals surface area (Å²) in [5.41, 5.74) is 2.68. The minimum Gasteiger partial charge on any atom is -0.378 e. The number of ether oxygens (including phenoxy) is 1. The number of carbonyl (C=O) groups excluding carboxylic acids is 2. The van der Waals surface area contributed by atoms with Crippen molar-refractivity contribution in [3.8, 4) is 11.3 Å². The lowest BCUT2D eigenvalue weighted by Gasteiger charge is -2.28. The average Bonchev–Trinajstić information content (AvgIpc) is 2.85. The fraction of sp³-hybridized carbons (Fsp3) is 0.240. The van der Waals surface area contributed by atoms with Crippen LogP contribution in [-0.4, -0.2) is 61.6 Å². The molecule has 0 unspecified atom stereocenters. The normalized spacial score (nSPS) is 13.4. The Morgan fingerprint density at radius 3 is 2.36 bits per heavy atom. The lowest BCUT2D eigenvalue weighted by Crippen LogP contribution is -2.37. The van der Waals surface area contributed by atoms with Gasteiger partial charge in [-0.2, -0.15) is 0 Å². The molecule has 8 nitrogen and oxygen atoms in total. The number of nitrogens with one attached hydrogen (secondary N) is 2. The molecule has 8 heteroatoms. The van der Waals surface area contributed by atoms with Gasteiger partial charge in [-0.25, -0.2) is 0 Å². The van der Waals surface area contributed by atoms with Gasteiger partial charge in [0.25, 0.3) is 11.5 Å². The number of likely N-dealkylation sites (N-methyl/N-ethyl adjacent to an activating group) is 1. The van der Waals surface area contributed by atoms with E-state index < -0.39 is 11.5 Å². The number of nitrogens with zero attached hydrogens (tertiary/aromatic N) is 2. The van der Waals surface area contributed by atoms with Gasteiger partial charge in [-0.15, -0.1) is 0 Å². The molecule has 0 radical (unpaired) electrons. The van der Waals surface area contributed by atoms with Gasteiger partial charge in [0.15, 0.2) is 0 Å². The molecule has 33 heavy (non-hydrogen) atoms. The van der Waals surface area contributed by atoms with E-state index in [9.17, 15) is 14.4 Å². The molecule has 2 N–H and O–H groups in total. The Kier molecular flexibility index (Phi) is 6.85. The number of anilines is 2. The lowest BCUT2D eigenvalue weighted by atomic mass is 10.1. The molecule has 4 rings (SSSR count). The second-order valence-corrected chi connectivity index (χ2v) is 7.84. The number of H-pyrrole nitrogens is 1. The maximum absolute atomic E-state index is 12.7. The van der Waals surface area contributed by atoms with Gasteiger partial charge in [-0.1, -0.05) is 30.3 Å². The summed E-state index contributed by atoms with van der Waals surface area (Å²) >= 11 is 0. The highest BCUT2D eigenvalue weighted by Crippen LogP contribution is 2.19. The molecule has 2 heterocycles. The third kappa shape index (κ3) is 5.48. The highest BCUT2D eigenvalue weighted by Gasteiger charge is 2.19. The molecule has 0 bridgehead atoms. The fourth-order valence-corrected chi connectivity index (χ4v) is 3.70. The third-order valence-corrected chi connectivity index (χ3v) is 5.48. The Morgan fingerprint density at radius 2 is 1.70 bits per heavy atom. The van der Waals surface area contributed by atoms with Gasteiger partial charge in [0.05, 0.1) is 19.8 Å². The molecule has 2 amide bonds. The number of aromatic nitrogens is 1. The van der Waals surface area contributed by atoms with Crippen molar-refractivity contribution in [3.63, 3.8) is 0 Å². The largest absolute Gasteiger partial charge is 0.378 e. The molecule has 170 valence electrons. The fourth-order valence-electron chi connectivity index (χ4n) is 3.70. The molecule has 1 aromatic heterocycles. The minimum atomic E-state index is -0.520. The summed E-state index contributed by atoms with van der Waals surface area (Å²) in [7, 11) is 1.49. The Labute approximate surface area is 191 Å². The number of benzene rings is 2. The first-order valence-corrected chi connectivity index (χ1v) is 10.8. The zero-order valence-electron chi connectivity index (χ0n) is 18.4. The standard InChI is InChI=1S/C25H26N4O4/c1-28(25(32)21-11-12-22(27-24(21)31)18-5-3-2-4-6-18)17-23(30)26-19-7-9-20(10-8-19)29-13-15-33-16-14-29/h2-12H,13-17H2,1H3,(H,26,30)(H,27,31). The molecule has 0 atom stereocenters. The van der Waals surface area contributed by atoms with Crippen LogP contribution < -0.4 is 15.8 Å². The van der Waals surface area contributed by atoms with Crippen LogP contribution in [0.2, 0.25) is 0 Å². The van der Waals surface area contributed by atoms with Crippen molar-refractivity contribution in [1.29, 1.82) is 0 Å². The van der Waals surface area contributed by atoms with Crippen molar-refractivity contribution < 1.29 is 14.3 Å². The smallest absolute Gasteiger partial charge is 0.261 e. The first-order chi connectivity index (χ1) is 16.0. The van der Waals surface area contributed by atoms with Crippen LogP contribution in [-0.2, 0) is 9.53 Å². The molecule has 0 saturated carbocycles. The van der Waals surface area contributed by atoms with Crippen molar-refractivity contribution in [2.24, 2.45) is 0 Å². The number of aromatic amines is 1. The second-order valence-electron chi connectivity index (χ2n) is 7.84. The Morgan fingerprint density at radius 1 is 1.00 bits per heavy atom. The van der Waals surface area contributed by atoms with Gasteiger partial charge in [0.2, 0.25) is 5.91 Å². The first kappa shape index (κ1) is 22.3. The number of pyridine rings is 1. The van der Waals surface area contributed by atoms with Crippen LogP contribution in [0.3, 0.4) is 0 Å². The molecular formula is C25H26N4O4. The highest BCUT2D eigenvalue weighted by molar-refractivity contribution is 5.99. The number of amides is 2. The van der Waals surface area contributed by atoms with E-state index >= 15 is 0 Å². The molecular weight excluding hydrogens is 420 g/mol. The molecule has 1 aliphatic rings. The zero-order chi connectivity index (χ0) is 23.2. The van der Waals surface area contributed by atoms with E-state index in [2.05, 4.69) is 15.2 Å². The van der Waals surface area contributed by atoms with E-state index in [0.29, 0.717) is 24.6 Å². The van der Waals surface area contributed by atoms with Crippen LogP contribution >= 0.6 is 0 Å². The topological polar surface area (TPSA) is 94.7 Å². The van der Waals surface area contributed by atoms with Crippen molar-refractivity contribution in [1.82, 2.24) is 9.88 Å². The van der Waals surface area contributed by atoms with Crippen molar-refractivity contribution >= 4 is 23.2 Å². The predicted octanol–water partition coefficient (Wildman–Crippen LogP) is 2.59. The maximum Gasteiger partial charge on any atom is 0.261 e. The zero-order valence-corrected chi connectivity index (χ0v) is 18.4. The summed E-state index contributed by atoms with van der Waals surface area (Å²) in [6.07, 6.45) is 0. The van der Waals surface area contributed by atoms with Crippen molar-refractivity contribution in [3.05, 3.63) is 82.6 Å². The summed E-state index contributed by atoms with van der Waals surface area (Å²) in [6, 6.07) is 20.1. The number of carbonyl (C=O) groups is 2. The molecule has 0 aliphatic carbocycles. The van der Waals surface area contributed by atoms with E-state index in [4.69, 9.17) is 4.74 Å².